The maximum atomic E-state index is 12.3. The van der Waals surface area contributed by atoms with Crippen LogP contribution < -0.4 is 9.46 Å². The van der Waals surface area contributed by atoms with Gasteiger partial charge in [-0.1, -0.05) is 18.2 Å². The zero-order valence-electron chi connectivity index (χ0n) is 14.2. The van der Waals surface area contributed by atoms with Gasteiger partial charge < -0.3 is 9.47 Å². The molecule has 0 aliphatic rings. The second-order valence-electron chi connectivity index (χ2n) is 5.44. The first kappa shape index (κ1) is 19.0. The third-order valence-electron chi connectivity index (χ3n) is 3.44. The minimum atomic E-state index is -3.69. The molecule has 0 aliphatic heterocycles. The molecule has 7 heteroatoms. The Balaban J connectivity index is 1.86. The van der Waals surface area contributed by atoms with E-state index in [4.69, 9.17) is 4.74 Å². The van der Waals surface area contributed by atoms with E-state index in [1.165, 1.54) is 31.4 Å². The summed E-state index contributed by atoms with van der Waals surface area (Å²) in [7, 11) is -2.44. The molecule has 0 bridgehead atoms. The third kappa shape index (κ3) is 5.58. The van der Waals surface area contributed by atoms with Crippen molar-refractivity contribution >= 4 is 16.0 Å². The van der Waals surface area contributed by atoms with Crippen molar-refractivity contribution in [1.82, 2.24) is 4.72 Å². The number of methoxy groups -OCH3 is 1. The number of carbonyl (C=O) groups is 1. The summed E-state index contributed by atoms with van der Waals surface area (Å²) < 4.78 is 37.2. The Kier molecular flexibility index (Phi) is 6.55. The van der Waals surface area contributed by atoms with Gasteiger partial charge in [0.2, 0.25) is 10.0 Å². The van der Waals surface area contributed by atoms with Gasteiger partial charge in [0.05, 0.1) is 24.2 Å². The number of hydrogen-bond acceptors (Lipinski definition) is 5. The standard InChI is InChI=1S/C18H21NO5S/c1-14-6-3-8-16(12-14)24-11-5-10-19-25(21,22)17-9-4-7-15(13-17)18(20)23-2/h3-4,6-9,12-13,19H,5,10-11H2,1-2H3. The van der Waals surface area contributed by atoms with Crippen LogP contribution in [0.15, 0.2) is 53.4 Å². The molecule has 0 unspecified atom stereocenters. The summed E-state index contributed by atoms with van der Waals surface area (Å²) in [4.78, 5) is 11.5. The molecule has 2 rings (SSSR count). The van der Waals surface area contributed by atoms with E-state index in [0.717, 1.165) is 11.3 Å². The molecule has 134 valence electrons. The molecule has 0 saturated carbocycles. The van der Waals surface area contributed by atoms with Crippen LogP contribution in [-0.2, 0) is 14.8 Å². The van der Waals surface area contributed by atoms with Gasteiger partial charge in [-0.05, 0) is 49.2 Å². The van der Waals surface area contributed by atoms with Crippen molar-refractivity contribution in [1.29, 1.82) is 0 Å². The minimum Gasteiger partial charge on any atom is -0.494 e. The van der Waals surface area contributed by atoms with E-state index >= 15 is 0 Å². The average Bonchev–Trinajstić information content (AvgIpc) is 2.61. The fourth-order valence-corrected chi connectivity index (χ4v) is 3.28. The number of carbonyl (C=O) groups excluding carboxylic acids is 1. The Labute approximate surface area is 147 Å². The highest BCUT2D eigenvalue weighted by Gasteiger charge is 2.16. The summed E-state index contributed by atoms with van der Waals surface area (Å²) in [5.41, 5.74) is 1.29. The summed E-state index contributed by atoms with van der Waals surface area (Å²) in [6.07, 6.45) is 0.518. The second-order valence-corrected chi connectivity index (χ2v) is 7.20. The van der Waals surface area contributed by atoms with Gasteiger partial charge in [-0.25, -0.2) is 17.9 Å². The van der Waals surface area contributed by atoms with Crippen LogP contribution in [0.4, 0.5) is 0 Å². The molecule has 0 spiro atoms. The van der Waals surface area contributed by atoms with E-state index < -0.39 is 16.0 Å². The van der Waals surface area contributed by atoms with Gasteiger partial charge in [0.25, 0.3) is 0 Å². The van der Waals surface area contributed by atoms with Crippen molar-refractivity contribution in [3.05, 3.63) is 59.7 Å². The molecular formula is C18H21NO5S. The zero-order chi connectivity index (χ0) is 18.3. The summed E-state index contributed by atoms with van der Waals surface area (Å²) in [5.74, 6) is 0.178. The first-order valence-corrected chi connectivity index (χ1v) is 9.28. The topological polar surface area (TPSA) is 81.7 Å². The lowest BCUT2D eigenvalue weighted by molar-refractivity contribution is 0.0600. The highest BCUT2D eigenvalue weighted by molar-refractivity contribution is 7.89. The molecule has 0 saturated heterocycles. The van der Waals surface area contributed by atoms with Crippen LogP contribution in [0.3, 0.4) is 0 Å². The van der Waals surface area contributed by atoms with Gasteiger partial charge in [-0.15, -0.1) is 0 Å². The maximum absolute atomic E-state index is 12.3. The van der Waals surface area contributed by atoms with Crippen LogP contribution in [-0.4, -0.2) is 34.6 Å². The molecule has 2 aromatic carbocycles. The van der Waals surface area contributed by atoms with Gasteiger partial charge in [-0.3, -0.25) is 0 Å². The first-order valence-electron chi connectivity index (χ1n) is 7.80. The quantitative estimate of drug-likeness (QED) is 0.576. The highest BCUT2D eigenvalue weighted by atomic mass is 32.2. The number of aryl methyl sites for hydroxylation is 1. The van der Waals surface area contributed by atoms with E-state index in [-0.39, 0.29) is 17.0 Å². The second kappa shape index (κ2) is 8.64. The number of nitrogens with one attached hydrogen (secondary N) is 1. The van der Waals surface area contributed by atoms with Crippen LogP contribution in [0.1, 0.15) is 22.3 Å². The predicted octanol–water partition coefficient (Wildman–Crippen LogP) is 2.53. The van der Waals surface area contributed by atoms with E-state index in [9.17, 15) is 13.2 Å². The highest BCUT2D eigenvalue weighted by Crippen LogP contribution is 2.13. The van der Waals surface area contributed by atoms with E-state index in [2.05, 4.69) is 9.46 Å². The fourth-order valence-electron chi connectivity index (χ4n) is 2.17. The van der Waals surface area contributed by atoms with Crippen molar-refractivity contribution in [2.45, 2.75) is 18.2 Å². The van der Waals surface area contributed by atoms with Gasteiger partial charge in [-0.2, -0.15) is 0 Å². The average molecular weight is 363 g/mol. The largest absolute Gasteiger partial charge is 0.494 e. The maximum Gasteiger partial charge on any atom is 0.337 e. The third-order valence-corrected chi connectivity index (χ3v) is 4.90. The molecule has 6 nitrogen and oxygen atoms in total. The molecule has 0 atom stereocenters. The van der Waals surface area contributed by atoms with Crippen molar-refractivity contribution in [3.8, 4) is 5.75 Å². The van der Waals surface area contributed by atoms with Crippen LogP contribution in [0.25, 0.3) is 0 Å². The summed E-state index contributed by atoms with van der Waals surface area (Å²) in [5, 5.41) is 0. The Bertz CT molecular complexity index is 833. The molecule has 0 heterocycles. The number of benzene rings is 2. The number of esters is 1. The van der Waals surface area contributed by atoms with Crippen LogP contribution >= 0.6 is 0 Å². The van der Waals surface area contributed by atoms with Crippen molar-refractivity contribution in [2.24, 2.45) is 0 Å². The predicted molar refractivity (Wildman–Crippen MR) is 94.3 cm³/mol. The summed E-state index contributed by atoms with van der Waals surface area (Å²) >= 11 is 0. The number of rotatable bonds is 8. The van der Waals surface area contributed by atoms with Crippen LogP contribution in [0, 0.1) is 6.92 Å². The Morgan fingerprint density at radius 3 is 2.60 bits per heavy atom. The van der Waals surface area contributed by atoms with E-state index in [0.29, 0.717) is 13.0 Å². The molecule has 0 aliphatic carbocycles. The van der Waals surface area contributed by atoms with Gasteiger partial charge in [0.1, 0.15) is 5.75 Å². The molecule has 1 N–H and O–H groups in total. The molecule has 2 aromatic rings. The molecule has 0 radical (unpaired) electrons. The van der Waals surface area contributed by atoms with E-state index in [1.807, 2.05) is 31.2 Å². The molecular weight excluding hydrogens is 342 g/mol. The lowest BCUT2D eigenvalue weighted by atomic mass is 10.2. The van der Waals surface area contributed by atoms with Gasteiger partial charge in [0, 0.05) is 6.54 Å². The Morgan fingerprint density at radius 2 is 1.88 bits per heavy atom. The molecule has 0 fully saturated rings. The van der Waals surface area contributed by atoms with E-state index in [1.54, 1.807) is 0 Å². The molecule has 0 aromatic heterocycles. The molecule has 25 heavy (non-hydrogen) atoms. The SMILES string of the molecule is COC(=O)c1cccc(S(=O)(=O)NCCCOc2cccc(C)c2)c1. The molecule has 0 amide bonds. The lowest BCUT2D eigenvalue weighted by Gasteiger charge is -2.09. The minimum absolute atomic E-state index is 0.0232. The van der Waals surface area contributed by atoms with Crippen molar-refractivity contribution in [2.75, 3.05) is 20.3 Å². The summed E-state index contributed by atoms with van der Waals surface area (Å²) in [6.45, 7) is 2.61. The van der Waals surface area contributed by atoms with Crippen molar-refractivity contribution < 1.29 is 22.7 Å². The number of ether oxygens (including phenoxy) is 2. The van der Waals surface area contributed by atoms with Crippen molar-refractivity contribution in [3.63, 3.8) is 0 Å². The monoisotopic (exact) mass is 363 g/mol. The Hall–Kier alpha value is -2.38. The Morgan fingerprint density at radius 1 is 1.12 bits per heavy atom. The van der Waals surface area contributed by atoms with Crippen LogP contribution in [0.2, 0.25) is 0 Å². The van der Waals surface area contributed by atoms with Crippen LogP contribution in [0.5, 0.6) is 5.75 Å². The normalized spacial score (nSPS) is 11.1. The number of sulfonamides is 1. The smallest absolute Gasteiger partial charge is 0.337 e. The number of hydrogen-bond donors (Lipinski definition) is 1. The summed E-state index contributed by atoms with van der Waals surface area (Å²) in [6, 6.07) is 13.4. The van der Waals surface area contributed by atoms with Gasteiger partial charge in [0.15, 0.2) is 0 Å². The van der Waals surface area contributed by atoms with Gasteiger partial charge >= 0.3 is 5.97 Å². The fraction of sp³-hybridized carbons (Fsp3) is 0.278. The lowest BCUT2D eigenvalue weighted by Crippen LogP contribution is -2.26. The first-order chi connectivity index (χ1) is 11.9. The zero-order valence-corrected chi connectivity index (χ0v) is 15.0.